The lowest BCUT2D eigenvalue weighted by Gasteiger charge is -2.40. The molecule has 0 radical (unpaired) electrons. The molecule has 0 spiro atoms. The predicted octanol–water partition coefficient (Wildman–Crippen LogP) is 1.16. The summed E-state index contributed by atoms with van der Waals surface area (Å²) in [6, 6.07) is 0.277. The van der Waals surface area contributed by atoms with Crippen molar-refractivity contribution in [2.24, 2.45) is 5.92 Å². The summed E-state index contributed by atoms with van der Waals surface area (Å²) >= 11 is 0. The maximum Gasteiger partial charge on any atom is 0.230 e. The van der Waals surface area contributed by atoms with Gasteiger partial charge in [0.15, 0.2) is 5.82 Å². The van der Waals surface area contributed by atoms with Crippen LogP contribution in [-0.4, -0.2) is 68.6 Å². The predicted molar refractivity (Wildman–Crippen MR) is 89.0 cm³/mol. The largest absolute Gasteiger partial charge is 0.337 e. The summed E-state index contributed by atoms with van der Waals surface area (Å²) in [4.78, 5) is 18.6. The molecule has 0 aromatic carbocycles. The van der Waals surface area contributed by atoms with Crippen molar-refractivity contribution in [1.82, 2.24) is 30.0 Å². The SMILES string of the molecule is CC(C)CC1CN(C)CCN1C(=O)Cc1nnn(C(C)(C)C)n1. The second kappa shape index (κ2) is 6.95. The number of rotatable bonds is 4. The minimum absolute atomic E-state index is 0.109. The van der Waals surface area contributed by atoms with Crippen molar-refractivity contribution in [3.05, 3.63) is 5.82 Å². The third kappa shape index (κ3) is 4.73. The lowest BCUT2D eigenvalue weighted by atomic mass is 10.00. The zero-order chi connectivity index (χ0) is 17.2. The fourth-order valence-electron chi connectivity index (χ4n) is 2.92. The average Bonchev–Trinajstić information content (AvgIpc) is 2.86. The molecule has 1 saturated heterocycles. The third-order valence-electron chi connectivity index (χ3n) is 4.11. The van der Waals surface area contributed by atoms with E-state index in [0.29, 0.717) is 11.7 Å². The first-order chi connectivity index (χ1) is 10.7. The standard InChI is InChI=1S/C16H30N6O/c1-12(2)9-13-11-20(6)7-8-21(13)15(23)10-14-17-19-22(18-14)16(3,4)5/h12-13H,7-11H2,1-6H3. The second-order valence-electron chi connectivity index (χ2n) is 7.98. The van der Waals surface area contributed by atoms with Crippen molar-refractivity contribution in [2.75, 3.05) is 26.7 Å². The molecule has 1 atom stereocenters. The number of hydrogen-bond donors (Lipinski definition) is 0. The maximum atomic E-state index is 12.7. The molecule has 23 heavy (non-hydrogen) atoms. The van der Waals surface area contributed by atoms with Crippen LogP contribution in [0.5, 0.6) is 0 Å². The molecule has 2 heterocycles. The topological polar surface area (TPSA) is 67.2 Å². The molecule has 1 aromatic heterocycles. The van der Waals surface area contributed by atoms with E-state index in [1.165, 1.54) is 0 Å². The molecular weight excluding hydrogens is 292 g/mol. The Morgan fingerprint density at radius 3 is 2.57 bits per heavy atom. The molecule has 1 fully saturated rings. The number of nitrogens with zero attached hydrogens (tertiary/aromatic N) is 6. The van der Waals surface area contributed by atoms with Crippen molar-refractivity contribution < 1.29 is 4.79 Å². The van der Waals surface area contributed by atoms with E-state index in [1.54, 1.807) is 4.80 Å². The van der Waals surface area contributed by atoms with Crippen LogP contribution in [0, 0.1) is 5.92 Å². The Morgan fingerprint density at radius 1 is 1.30 bits per heavy atom. The number of tetrazole rings is 1. The number of carbonyl (C=O) groups is 1. The molecule has 7 heteroatoms. The number of hydrogen-bond acceptors (Lipinski definition) is 5. The zero-order valence-corrected chi connectivity index (χ0v) is 15.3. The van der Waals surface area contributed by atoms with Gasteiger partial charge in [-0.1, -0.05) is 13.8 Å². The summed E-state index contributed by atoms with van der Waals surface area (Å²) in [5, 5.41) is 12.5. The summed E-state index contributed by atoms with van der Waals surface area (Å²) in [5.74, 6) is 1.19. The molecule has 130 valence electrons. The van der Waals surface area contributed by atoms with Gasteiger partial charge in [-0.2, -0.15) is 4.80 Å². The van der Waals surface area contributed by atoms with Crippen molar-refractivity contribution in [3.63, 3.8) is 0 Å². The Morgan fingerprint density at radius 2 is 2.00 bits per heavy atom. The zero-order valence-electron chi connectivity index (χ0n) is 15.3. The lowest BCUT2D eigenvalue weighted by Crippen LogP contribution is -2.54. The summed E-state index contributed by atoms with van der Waals surface area (Å²) in [5.41, 5.74) is -0.220. The molecule has 1 aromatic rings. The van der Waals surface area contributed by atoms with Gasteiger partial charge in [0.2, 0.25) is 5.91 Å². The van der Waals surface area contributed by atoms with Crippen LogP contribution in [0.3, 0.4) is 0 Å². The van der Waals surface area contributed by atoms with E-state index >= 15 is 0 Å². The molecule has 1 amide bonds. The molecule has 0 bridgehead atoms. The molecule has 0 aliphatic carbocycles. The first-order valence-electron chi connectivity index (χ1n) is 8.44. The van der Waals surface area contributed by atoms with Gasteiger partial charge in [0.1, 0.15) is 0 Å². The first-order valence-corrected chi connectivity index (χ1v) is 8.44. The normalized spacial score (nSPS) is 20.3. The Hall–Kier alpha value is -1.50. The van der Waals surface area contributed by atoms with E-state index in [9.17, 15) is 4.79 Å². The molecule has 1 unspecified atom stereocenters. The molecule has 0 N–H and O–H groups in total. The van der Waals surface area contributed by atoms with Crippen LogP contribution in [0.25, 0.3) is 0 Å². The van der Waals surface area contributed by atoms with Gasteiger partial charge in [-0.15, -0.1) is 10.2 Å². The van der Waals surface area contributed by atoms with Gasteiger partial charge in [-0.05, 0) is 45.4 Å². The second-order valence-corrected chi connectivity index (χ2v) is 7.98. The van der Waals surface area contributed by atoms with Gasteiger partial charge in [0.25, 0.3) is 0 Å². The molecule has 1 aliphatic rings. The molecule has 1 aliphatic heterocycles. The van der Waals surface area contributed by atoms with Crippen LogP contribution < -0.4 is 0 Å². The monoisotopic (exact) mass is 322 g/mol. The van der Waals surface area contributed by atoms with E-state index in [0.717, 1.165) is 26.1 Å². The quantitative estimate of drug-likeness (QED) is 0.832. The summed E-state index contributed by atoms with van der Waals surface area (Å²) < 4.78 is 0. The molecule has 2 rings (SSSR count). The van der Waals surface area contributed by atoms with E-state index in [4.69, 9.17) is 0 Å². The van der Waals surface area contributed by atoms with Crippen LogP contribution >= 0.6 is 0 Å². The highest BCUT2D eigenvalue weighted by Gasteiger charge is 2.30. The number of aromatic nitrogens is 4. The summed E-state index contributed by atoms with van der Waals surface area (Å²) in [7, 11) is 2.12. The maximum absolute atomic E-state index is 12.7. The van der Waals surface area contributed by atoms with E-state index < -0.39 is 0 Å². The number of likely N-dealkylation sites (N-methyl/N-ethyl adjacent to an activating group) is 1. The molecule has 7 nitrogen and oxygen atoms in total. The Kier molecular flexibility index (Phi) is 5.39. The number of piperazine rings is 1. The van der Waals surface area contributed by atoms with Gasteiger partial charge >= 0.3 is 0 Å². The summed E-state index contributed by atoms with van der Waals surface area (Å²) in [6.07, 6.45) is 1.26. The number of carbonyl (C=O) groups excluding carboxylic acids is 1. The average molecular weight is 322 g/mol. The van der Waals surface area contributed by atoms with Crippen molar-refractivity contribution >= 4 is 5.91 Å². The highest BCUT2D eigenvalue weighted by Crippen LogP contribution is 2.18. The van der Waals surface area contributed by atoms with E-state index in [-0.39, 0.29) is 23.9 Å². The van der Waals surface area contributed by atoms with Gasteiger partial charge < -0.3 is 9.80 Å². The minimum atomic E-state index is -0.220. The van der Waals surface area contributed by atoms with Crippen LogP contribution in [-0.2, 0) is 16.8 Å². The highest BCUT2D eigenvalue weighted by molar-refractivity contribution is 5.78. The Bertz CT molecular complexity index is 531. The van der Waals surface area contributed by atoms with Crippen LogP contribution in [0.15, 0.2) is 0 Å². The molecular formula is C16H30N6O. The fraction of sp³-hybridized carbons (Fsp3) is 0.875. The highest BCUT2D eigenvalue weighted by atomic mass is 16.2. The van der Waals surface area contributed by atoms with Crippen molar-refractivity contribution in [2.45, 2.75) is 59.0 Å². The van der Waals surface area contributed by atoms with E-state index in [2.05, 4.69) is 41.2 Å². The Labute approximate surface area is 139 Å². The number of amides is 1. The minimum Gasteiger partial charge on any atom is -0.337 e. The van der Waals surface area contributed by atoms with Crippen LogP contribution in [0.4, 0.5) is 0 Å². The lowest BCUT2D eigenvalue weighted by molar-refractivity contribution is -0.135. The Balaban J connectivity index is 2.04. The first kappa shape index (κ1) is 17.8. The third-order valence-corrected chi connectivity index (χ3v) is 4.11. The van der Waals surface area contributed by atoms with Crippen molar-refractivity contribution in [1.29, 1.82) is 0 Å². The van der Waals surface area contributed by atoms with E-state index in [1.807, 2.05) is 25.7 Å². The smallest absolute Gasteiger partial charge is 0.230 e. The van der Waals surface area contributed by atoms with Crippen molar-refractivity contribution in [3.8, 4) is 0 Å². The molecule has 0 saturated carbocycles. The van der Waals surface area contributed by atoms with Crippen LogP contribution in [0.2, 0.25) is 0 Å². The van der Waals surface area contributed by atoms with Gasteiger partial charge in [-0.3, -0.25) is 4.79 Å². The van der Waals surface area contributed by atoms with Crippen LogP contribution in [0.1, 0.15) is 46.9 Å². The van der Waals surface area contributed by atoms with Gasteiger partial charge in [0, 0.05) is 25.7 Å². The fourth-order valence-corrected chi connectivity index (χ4v) is 2.92. The van der Waals surface area contributed by atoms with Gasteiger partial charge in [0.05, 0.1) is 12.0 Å². The summed E-state index contributed by atoms with van der Waals surface area (Å²) in [6.45, 7) is 13.1. The van der Waals surface area contributed by atoms with Gasteiger partial charge in [-0.25, -0.2) is 0 Å².